The molecule has 2 N–H and O–H groups in total. The Hall–Kier alpha value is -0.670. The second-order valence-corrected chi connectivity index (χ2v) is 6.97. The molecule has 106 valence electrons. The third kappa shape index (κ3) is 3.46. The molecule has 0 atom stereocenters. The molecule has 0 saturated heterocycles. The van der Waals surface area contributed by atoms with Crippen LogP contribution in [0.25, 0.3) is 0 Å². The summed E-state index contributed by atoms with van der Waals surface area (Å²) in [5, 5.41) is 0. The zero-order valence-electron chi connectivity index (χ0n) is 11.9. The van der Waals surface area contributed by atoms with Crippen molar-refractivity contribution in [3.63, 3.8) is 0 Å². The van der Waals surface area contributed by atoms with E-state index in [0.717, 1.165) is 32.1 Å². The Morgan fingerprint density at radius 1 is 1.21 bits per heavy atom. The van der Waals surface area contributed by atoms with Gasteiger partial charge in [-0.05, 0) is 31.4 Å². The minimum atomic E-state index is -0.229. The summed E-state index contributed by atoms with van der Waals surface area (Å²) in [6.45, 7) is 2.68. The molecule has 0 aliphatic heterocycles. The predicted molar refractivity (Wildman–Crippen MR) is 81.6 cm³/mol. The van der Waals surface area contributed by atoms with Crippen LogP contribution in [-0.2, 0) is 17.6 Å². The predicted octanol–water partition coefficient (Wildman–Crippen LogP) is 3.72. The Morgan fingerprint density at radius 2 is 1.84 bits per heavy atom. The van der Waals surface area contributed by atoms with Crippen molar-refractivity contribution in [1.29, 1.82) is 0 Å². The van der Waals surface area contributed by atoms with Crippen LogP contribution in [0.3, 0.4) is 0 Å². The van der Waals surface area contributed by atoms with Crippen LogP contribution in [-0.4, -0.2) is 12.3 Å². The van der Waals surface area contributed by atoms with Crippen LogP contribution >= 0.6 is 11.3 Å². The summed E-state index contributed by atoms with van der Waals surface area (Å²) in [6.07, 6.45) is 8.47. The lowest BCUT2D eigenvalue weighted by molar-refractivity contribution is -0.128. The van der Waals surface area contributed by atoms with E-state index in [1.54, 1.807) is 11.3 Å². The third-order valence-electron chi connectivity index (χ3n) is 4.44. The number of rotatable bonds is 5. The average molecular weight is 279 g/mol. The summed E-state index contributed by atoms with van der Waals surface area (Å²) in [7, 11) is 0. The molecule has 0 radical (unpaired) electrons. The van der Waals surface area contributed by atoms with Gasteiger partial charge in [-0.3, -0.25) is 4.79 Å². The van der Waals surface area contributed by atoms with E-state index < -0.39 is 0 Å². The maximum absolute atomic E-state index is 12.7. The van der Waals surface area contributed by atoms with Crippen molar-refractivity contribution in [3.8, 4) is 0 Å². The first-order valence-electron chi connectivity index (χ1n) is 7.51. The minimum Gasteiger partial charge on any atom is -0.329 e. The van der Waals surface area contributed by atoms with Gasteiger partial charge in [-0.25, -0.2) is 0 Å². The van der Waals surface area contributed by atoms with Crippen molar-refractivity contribution in [2.24, 2.45) is 11.1 Å². The largest absolute Gasteiger partial charge is 0.329 e. The molecule has 0 aromatic carbocycles. The molecule has 2 nitrogen and oxygen atoms in total. The molecule has 1 aliphatic rings. The van der Waals surface area contributed by atoms with Gasteiger partial charge in [0.15, 0.2) is 0 Å². The maximum Gasteiger partial charge on any atom is 0.145 e. The minimum absolute atomic E-state index is 0.229. The summed E-state index contributed by atoms with van der Waals surface area (Å²) in [6, 6.07) is 4.26. The fourth-order valence-electron chi connectivity index (χ4n) is 3.06. The van der Waals surface area contributed by atoms with Crippen molar-refractivity contribution < 1.29 is 4.79 Å². The van der Waals surface area contributed by atoms with Crippen LogP contribution in [0.2, 0.25) is 0 Å². The van der Waals surface area contributed by atoms with Gasteiger partial charge >= 0.3 is 0 Å². The topological polar surface area (TPSA) is 43.1 Å². The Kier molecular flexibility index (Phi) is 5.17. The van der Waals surface area contributed by atoms with Gasteiger partial charge in [-0.2, -0.15) is 0 Å². The number of aryl methyl sites for hydroxylation is 1. The molecular formula is C16H25NOS. The van der Waals surface area contributed by atoms with E-state index in [0.29, 0.717) is 18.7 Å². The Balaban J connectivity index is 2.07. The van der Waals surface area contributed by atoms with Gasteiger partial charge in [-0.15, -0.1) is 11.3 Å². The van der Waals surface area contributed by atoms with Gasteiger partial charge in [0.1, 0.15) is 5.78 Å². The van der Waals surface area contributed by atoms with Crippen LogP contribution in [0, 0.1) is 5.41 Å². The average Bonchev–Trinajstić information content (AvgIpc) is 2.74. The molecule has 1 aromatic rings. The molecule has 1 heterocycles. The van der Waals surface area contributed by atoms with Crippen LogP contribution in [0.1, 0.15) is 55.2 Å². The Morgan fingerprint density at radius 3 is 2.37 bits per heavy atom. The number of carbonyl (C=O) groups is 1. The molecule has 0 unspecified atom stereocenters. The highest BCUT2D eigenvalue weighted by Crippen LogP contribution is 2.36. The van der Waals surface area contributed by atoms with E-state index in [4.69, 9.17) is 5.73 Å². The van der Waals surface area contributed by atoms with Gasteiger partial charge in [-0.1, -0.05) is 32.6 Å². The van der Waals surface area contributed by atoms with Crippen molar-refractivity contribution in [2.45, 2.75) is 58.3 Å². The number of carbonyl (C=O) groups excluding carboxylic acids is 1. The molecule has 0 amide bonds. The van der Waals surface area contributed by atoms with Crippen molar-refractivity contribution in [3.05, 3.63) is 21.9 Å². The van der Waals surface area contributed by atoms with Gasteiger partial charge in [0.05, 0.1) is 0 Å². The monoisotopic (exact) mass is 279 g/mol. The van der Waals surface area contributed by atoms with E-state index >= 15 is 0 Å². The van der Waals surface area contributed by atoms with Crippen molar-refractivity contribution >= 4 is 17.1 Å². The fourth-order valence-corrected chi connectivity index (χ4v) is 4.01. The third-order valence-corrected chi connectivity index (χ3v) is 5.67. The van der Waals surface area contributed by atoms with E-state index in [2.05, 4.69) is 19.1 Å². The SMILES string of the molecule is CCc1ccc(CC(=O)C2(CN)CCCCCC2)s1. The number of Topliss-reactive ketones (excluding diaryl/α,β-unsaturated/α-hetero) is 1. The number of hydrogen-bond acceptors (Lipinski definition) is 3. The zero-order valence-corrected chi connectivity index (χ0v) is 12.7. The van der Waals surface area contributed by atoms with Gasteiger partial charge < -0.3 is 5.73 Å². The molecule has 1 aromatic heterocycles. The molecule has 1 saturated carbocycles. The second-order valence-electron chi connectivity index (χ2n) is 5.72. The number of ketones is 1. The summed E-state index contributed by atoms with van der Waals surface area (Å²) in [4.78, 5) is 15.3. The summed E-state index contributed by atoms with van der Waals surface area (Å²) >= 11 is 1.78. The van der Waals surface area contributed by atoms with E-state index in [9.17, 15) is 4.79 Å². The molecule has 0 bridgehead atoms. The molecule has 2 rings (SSSR count). The lowest BCUT2D eigenvalue weighted by atomic mass is 9.75. The van der Waals surface area contributed by atoms with E-state index in [-0.39, 0.29) is 5.41 Å². The van der Waals surface area contributed by atoms with Crippen molar-refractivity contribution in [1.82, 2.24) is 0 Å². The number of nitrogens with two attached hydrogens (primary N) is 1. The lowest BCUT2D eigenvalue weighted by Gasteiger charge is -2.29. The van der Waals surface area contributed by atoms with Crippen molar-refractivity contribution in [2.75, 3.05) is 6.54 Å². The summed E-state index contributed by atoms with van der Waals surface area (Å²) in [5.41, 5.74) is 5.75. The standard InChI is InChI=1S/C16H25NOS/c1-2-13-7-8-14(19-13)11-15(18)16(12-17)9-5-3-4-6-10-16/h7-8H,2-6,9-12,17H2,1H3. The Labute approximate surface area is 120 Å². The number of hydrogen-bond donors (Lipinski definition) is 1. The molecule has 0 spiro atoms. The quantitative estimate of drug-likeness (QED) is 0.835. The molecule has 1 aliphatic carbocycles. The Bertz CT molecular complexity index is 416. The highest BCUT2D eigenvalue weighted by atomic mass is 32.1. The van der Waals surface area contributed by atoms with Crippen LogP contribution in [0.5, 0.6) is 0 Å². The van der Waals surface area contributed by atoms with Gasteiger partial charge in [0.2, 0.25) is 0 Å². The maximum atomic E-state index is 12.7. The second kappa shape index (κ2) is 6.67. The van der Waals surface area contributed by atoms with Crippen LogP contribution in [0.4, 0.5) is 0 Å². The summed E-state index contributed by atoms with van der Waals surface area (Å²) < 4.78 is 0. The highest BCUT2D eigenvalue weighted by Gasteiger charge is 2.36. The molecular weight excluding hydrogens is 254 g/mol. The van der Waals surface area contributed by atoms with Gasteiger partial charge in [0, 0.05) is 28.1 Å². The van der Waals surface area contributed by atoms with Crippen LogP contribution < -0.4 is 5.73 Å². The fraction of sp³-hybridized carbons (Fsp3) is 0.688. The van der Waals surface area contributed by atoms with E-state index in [1.807, 2.05) is 0 Å². The zero-order chi connectivity index (χ0) is 13.7. The van der Waals surface area contributed by atoms with Crippen LogP contribution in [0.15, 0.2) is 12.1 Å². The number of thiophene rings is 1. The first-order valence-corrected chi connectivity index (χ1v) is 8.33. The normalized spacial score (nSPS) is 19.1. The first kappa shape index (κ1) is 14.7. The molecule has 3 heteroatoms. The lowest BCUT2D eigenvalue weighted by Crippen LogP contribution is -2.39. The molecule has 19 heavy (non-hydrogen) atoms. The first-order chi connectivity index (χ1) is 9.20. The van der Waals surface area contributed by atoms with Gasteiger partial charge in [0.25, 0.3) is 0 Å². The molecule has 1 fully saturated rings. The summed E-state index contributed by atoms with van der Waals surface area (Å²) in [5.74, 6) is 0.376. The van der Waals surface area contributed by atoms with E-state index in [1.165, 1.54) is 22.6 Å². The highest BCUT2D eigenvalue weighted by molar-refractivity contribution is 7.12. The smallest absolute Gasteiger partial charge is 0.145 e.